The molecule has 21 heavy (non-hydrogen) atoms. The zero-order valence-electron chi connectivity index (χ0n) is 12.2. The summed E-state index contributed by atoms with van der Waals surface area (Å²) in [6, 6.07) is 18.5. The summed E-state index contributed by atoms with van der Waals surface area (Å²) in [5.74, 6) is 0.205. The lowest BCUT2D eigenvalue weighted by molar-refractivity contribution is 0.0984. The minimum Gasteiger partial charge on any atom is -0.317 e. The minimum atomic E-state index is 0.205. The summed E-state index contributed by atoms with van der Waals surface area (Å²) < 4.78 is 0. The topological polar surface area (TPSA) is 29.1 Å². The van der Waals surface area contributed by atoms with Gasteiger partial charge in [-0.15, -0.1) is 0 Å². The zero-order chi connectivity index (χ0) is 14.7. The van der Waals surface area contributed by atoms with Crippen molar-refractivity contribution in [2.24, 2.45) is 0 Å². The Hall–Kier alpha value is -2.19. The van der Waals surface area contributed by atoms with E-state index in [4.69, 9.17) is 0 Å². The van der Waals surface area contributed by atoms with E-state index in [9.17, 15) is 4.79 Å². The lowest BCUT2D eigenvalue weighted by Gasteiger charge is -2.08. The van der Waals surface area contributed by atoms with E-state index in [-0.39, 0.29) is 5.78 Å². The van der Waals surface area contributed by atoms with Gasteiger partial charge in [0.25, 0.3) is 0 Å². The van der Waals surface area contributed by atoms with Gasteiger partial charge in [0.2, 0.25) is 0 Å². The van der Waals surface area contributed by atoms with Crippen molar-refractivity contribution in [2.45, 2.75) is 13.3 Å². The van der Waals surface area contributed by atoms with Crippen LogP contribution in [0.1, 0.15) is 23.7 Å². The van der Waals surface area contributed by atoms with Crippen LogP contribution in [-0.4, -0.2) is 18.9 Å². The van der Waals surface area contributed by atoms with Crippen LogP contribution in [0.4, 0.5) is 0 Å². The molecule has 3 aromatic rings. The Morgan fingerprint density at radius 1 is 0.952 bits per heavy atom. The van der Waals surface area contributed by atoms with Crippen molar-refractivity contribution < 1.29 is 4.79 Å². The van der Waals surface area contributed by atoms with E-state index in [1.54, 1.807) is 0 Å². The minimum absolute atomic E-state index is 0.205. The summed E-state index contributed by atoms with van der Waals surface area (Å²) in [5, 5.41) is 7.78. The highest BCUT2D eigenvalue weighted by Crippen LogP contribution is 2.26. The molecular formula is C19H19NO. The van der Waals surface area contributed by atoms with Crippen molar-refractivity contribution in [3.63, 3.8) is 0 Å². The molecule has 0 bridgehead atoms. The molecule has 106 valence electrons. The Balaban J connectivity index is 2.06. The summed E-state index contributed by atoms with van der Waals surface area (Å²) >= 11 is 0. The van der Waals surface area contributed by atoms with Crippen LogP contribution in [0, 0.1) is 0 Å². The van der Waals surface area contributed by atoms with Gasteiger partial charge in [0, 0.05) is 18.5 Å². The predicted molar refractivity (Wildman–Crippen MR) is 88.9 cm³/mol. The molecule has 0 atom stereocenters. The fourth-order valence-corrected chi connectivity index (χ4v) is 2.72. The first kappa shape index (κ1) is 13.8. The van der Waals surface area contributed by atoms with Crippen LogP contribution in [0.15, 0.2) is 54.6 Å². The van der Waals surface area contributed by atoms with E-state index < -0.39 is 0 Å². The van der Waals surface area contributed by atoms with Crippen LogP contribution < -0.4 is 5.32 Å². The largest absolute Gasteiger partial charge is 0.317 e. The molecule has 0 radical (unpaired) electrons. The highest BCUT2D eigenvalue weighted by molar-refractivity contribution is 6.11. The first-order chi connectivity index (χ1) is 10.3. The predicted octanol–water partition coefficient (Wildman–Crippen LogP) is 4.18. The average molecular weight is 277 g/mol. The van der Waals surface area contributed by atoms with Crippen molar-refractivity contribution in [2.75, 3.05) is 13.1 Å². The molecule has 3 aromatic carbocycles. The van der Waals surface area contributed by atoms with E-state index in [2.05, 4.69) is 42.6 Å². The maximum Gasteiger partial charge on any atom is 0.164 e. The lowest BCUT2D eigenvalue weighted by Crippen LogP contribution is -2.17. The fourth-order valence-electron chi connectivity index (χ4n) is 2.72. The maximum atomic E-state index is 12.4. The van der Waals surface area contributed by atoms with Gasteiger partial charge in [-0.3, -0.25) is 4.79 Å². The van der Waals surface area contributed by atoms with Gasteiger partial charge in [-0.2, -0.15) is 0 Å². The molecule has 3 rings (SSSR count). The van der Waals surface area contributed by atoms with E-state index >= 15 is 0 Å². The molecule has 2 heteroatoms. The number of carbonyl (C=O) groups excluding carboxylic acids is 1. The summed E-state index contributed by atoms with van der Waals surface area (Å²) in [6.07, 6.45) is 0.541. The Bertz CT molecular complexity index is 792. The third-order valence-electron chi connectivity index (χ3n) is 3.83. The van der Waals surface area contributed by atoms with Gasteiger partial charge in [0.15, 0.2) is 5.78 Å². The van der Waals surface area contributed by atoms with E-state index in [1.165, 1.54) is 10.8 Å². The number of hydrogen-bond donors (Lipinski definition) is 1. The van der Waals surface area contributed by atoms with Crippen LogP contribution in [0.2, 0.25) is 0 Å². The molecule has 0 saturated heterocycles. The lowest BCUT2D eigenvalue weighted by atomic mass is 9.97. The molecule has 2 nitrogen and oxygen atoms in total. The van der Waals surface area contributed by atoms with Gasteiger partial charge in [-0.25, -0.2) is 0 Å². The van der Waals surface area contributed by atoms with E-state index in [1.807, 2.05) is 24.3 Å². The van der Waals surface area contributed by atoms with Gasteiger partial charge in [0.1, 0.15) is 0 Å². The molecular weight excluding hydrogens is 258 g/mol. The van der Waals surface area contributed by atoms with Crippen LogP contribution >= 0.6 is 0 Å². The normalized spacial score (nSPS) is 11.1. The number of fused-ring (bicyclic) bond motifs is 2. The molecule has 1 N–H and O–H groups in total. The van der Waals surface area contributed by atoms with Crippen LogP contribution in [-0.2, 0) is 0 Å². The number of carbonyl (C=O) groups is 1. The Morgan fingerprint density at radius 3 is 2.43 bits per heavy atom. The Morgan fingerprint density at radius 2 is 1.67 bits per heavy atom. The standard InChI is InChI=1S/C19H19NO/c1-2-20-11-10-19(21)17-9-5-8-16-12-14-6-3-4-7-15(14)13-18(16)17/h3-9,12-13,20H,2,10-11H2,1H3. The molecule has 0 saturated carbocycles. The van der Waals surface area contributed by atoms with Crippen LogP contribution in [0.5, 0.6) is 0 Å². The number of rotatable bonds is 5. The molecule has 0 heterocycles. The highest BCUT2D eigenvalue weighted by atomic mass is 16.1. The molecule has 0 fully saturated rings. The summed E-state index contributed by atoms with van der Waals surface area (Å²) in [4.78, 5) is 12.4. The molecule has 0 aliphatic heterocycles. The summed E-state index contributed by atoms with van der Waals surface area (Å²) in [5.41, 5.74) is 0.830. The van der Waals surface area contributed by atoms with Gasteiger partial charge >= 0.3 is 0 Å². The second-order valence-corrected chi connectivity index (χ2v) is 5.25. The number of nitrogens with one attached hydrogen (secondary N) is 1. The summed E-state index contributed by atoms with van der Waals surface area (Å²) in [6.45, 7) is 3.68. The van der Waals surface area contributed by atoms with Crippen molar-refractivity contribution in [3.8, 4) is 0 Å². The van der Waals surface area contributed by atoms with Crippen LogP contribution in [0.25, 0.3) is 21.5 Å². The number of benzene rings is 3. The quantitative estimate of drug-likeness (QED) is 0.431. The van der Waals surface area contributed by atoms with Gasteiger partial charge in [0.05, 0.1) is 0 Å². The van der Waals surface area contributed by atoms with Crippen molar-refractivity contribution in [3.05, 3.63) is 60.2 Å². The first-order valence-electron chi connectivity index (χ1n) is 7.45. The smallest absolute Gasteiger partial charge is 0.164 e. The SMILES string of the molecule is CCNCCC(=O)c1cccc2cc3ccccc3cc12. The zero-order valence-corrected chi connectivity index (χ0v) is 12.2. The molecule has 0 aliphatic rings. The highest BCUT2D eigenvalue weighted by Gasteiger charge is 2.10. The monoisotopic (exact) mass is 277 g/mol. The average Bonchev–Trinajstić information content (AvgIpc) is 2.52. The Kier molecular flexibility index (Phi) is 3.98. The third-order valence-corrected chi connectivity index (χ3v) is 3.83. The van der Waals surface area contributed by atoms with Crippen molar-refractivity contribution in [1.29, 1.82) is 0 Å². The van der Waals surface area contributed by atoms with Crippen molar-refractivity contribution >= 4 is 27.3 Å². The molecule has 0 amide bonds. The second kappa shape index (κ2) is 6.06. The second-order valence-electron chi connectivity index (χ2n) is 5.25. The number of ketones is 1. The molecule has 0 aliphatic carbocycles. The van der Waals surface area contributed by atoms with Gasteiger partial charge < -0.3 is 5.32 Å². The third kappa shape index (κ3) is 2.81. The first-order valence-corrected chi connectivity index (χ1v) is 7.45. The van der Waals surface area contributed by atoms with Crippen LogP contribution in [0.3, 0.4) is 0 Å². The molecule has 0 spiro atoms. The van der Waals surface area contributed by atoms with Crippen molar-refractivity contribution in [1.82, 2.24) is 5.32 Å². The van der Waals surface area contributed by atoms with Gasteiger partial charge in [-0.05, 0) is 40.2 Å². The Labute approximate surface area is 124 Å². The number of hydrogen-bond acceptors (Lipinski definition) is 2. The van der Waals surface area contributed by atoms with E-state index in [0.29, 0.717) is 6.42 Å². The molecule has 0 unspecified atom stereocenters. The van der Waals surface area contributed by atoms with E-state index in [0.717, 1.165) is 29.4 Å². The number of Topliss-reactive ketones (excluding diaryl/α,β-unsaturated/α-hetero) is 1. The fraction of sp³-hybridized carbons (Fsp3) is 0.211. The van der Waals surface area contributed by atoms with Gasteiger partial charge in [-0.1, -0.05) is 49.4 Å². The summed E-state index contributed by atoms with van der Waals surface area (Å²) in [7, 11) is 0. The maximum absolute atomic E-state index is 12.4. The molecule has 0 aromatic heterocycles.